The normalized spacial score (nSPS) is 11.0. The Kier molecular flexibility index (Phi) is 4.68. The SMILES string of the molecule is CC(C)(C)OC(=O)c1cc(Br)cc(Nc2ccccc2)c1. The second-order valence-corrected chi connectivity index (χ2v) is 6.64. The number of anilines is 2. The van der Waals surface area contributed by atoms with Crippen LogP contribution in [0, 0.1) is 0 Å². The summed E-state index contributed by atoms with van der Waals surface area (Å²) in [4.78, 5) is 12.1. The van der Waals surface area contributed by atoms with Crippen LogP contribution in [0.5, 0.6) is 0 Å². The van der Waals surface area contributed by atoms with Crippen LogP contribution in [0.3, 0.4) is 0 Å². The summed E-state index contributed by atoms with van der Waals surface area (Å²) in [5.41, 5.74) is 1.80. The highest BCUT2D eigenvalue weighted by Crippen LogP contribution is 2.24. The van der Waals surface area contributed by atoms with Crippen molar-refractivity contribution in [2.75, 3.05) is 5.32 Å². The number of nitrogens with one attached hydrogen (secondary N) is 1. The maximum Gasteiger partial charge on any atom is 0.338 e. The molecule has 0 saturated heterocycles. The highest BCUT2D eigenvalue weighted by molar-refractivity contribution is 9.10. The summed E-state index contributed by atoms with van der Waals surface area (Å²) in [5.74, 6) is -0.333. The molecule has 0 spiro atoms. The molecule has 0 aliphatic heterocycles. The Morgan fingerprint density at radius 1 is 1.05 bits per heavy atom. The summed E-state index contributed by atoms with van der Waals surface area (Å²) < 4.78 is 6.22. The van der Waals surface area contributed by atoms with Gasteiger partial charge in [-0.2, -0.15) is 0 Å². The smallest absolute Gasteiger partial charge is 0.338 e. The fourth-order valence-corrected chi connectivity index (χ4v) is 2.30. The minimum atomic E-state index is -0.508. The molecule has 0 atom stereocenters. The lowest BCUT2D eigenvalue weighted by Crippen LogP contribution is -2.23. The Morgan fingerprint density at radius 3 is 2.33 bits per heavy atom. The summed E-state index contributed by atoms with van der Waals surface area (Å²) in [5, 5.41) is 3.27. The number of carbonyl (C=O) groups is 1. The standard InChI is InChI=1S/C17H18BrNO2/c1-17(2,3)21-16(20)12-9-13(18)11-15(10-12)19-14-7-5-4-6-8-14/h4-11,19H,1-3H3. The predicted octanol–water partition coefficient (Wildman–Crippen LogP) is 5.15. The van der Waals surface area contributed by atoms with Gasteiger partial charge in [0.15, 0.2) is 0 Å². The maximum atomic E-state index is 12.1. The number of benzene rings is 2. The van der Waals surface area contributed by atoms with Gasteiger partial charge in [-0.3, -0.25) is 0 Å². The Bertz CT molecular complexity index is 633. The van der Waals surface area contributed by atoms with Crippen molar-refractivity contribution in [3.8, 4) is 0 Å². The first kappa shape index (κ1) is 15.6. The average molecular weight is 348 g/mol. The molecule has 0 heterocycles. The van der Waals surface area contributed by atoms with Crippen molar-refractivity contribution in [2.45, 2.75) is 26.4 Å². The van der Waals surface area contributed by atoms with E-state index in [0.717, 1.165) is 15.8 Å². The van der Waals surface area contributed by atoms with E-state index in [-0.39, 0.29) is 5.97 Å². The molecule has 21 heavy (non-hydrogen) atoms. The highest BCUT2D eigenvalue weighted by atomic mass is 79.9. The molecule has 0 aliphatic rings. The van der Waals surface area contributed by atoms with E-state index in [4.69, 9.17) is 4.74 Å². The van der Waals surface area contributed by atoms with E-state index in [2.05, 4.69) is 21.2 Å². The van der Waals surface area contributed by atoms with Gasteiger partial charge in [0, 0.05) is 15.8 Å². The molecule has 0 saturated carbocycles. The van der Waals surface area contributed by atoms with Gasteiger partial charge in [0.25, 0.3) is 0 Å². The zero-order valence-corrected chi connectivity index (χ0v) is 13.9. The van der Waals surface area contributed by atoms with Crippen LogP contribution in [0.15, 0.2) is 53.0 Å². The van der Waals surface area contributed by atoms with E-state index < -0.39 is 5.60 Å². The van der Waals surface area contributed by atoms with Gasteiger partial charge >= 0.3 is 5.97 Å². The Balaban J connectivity index is 2.23. The van der Waals surface area contributed by atoms with Gasteiger partial charge in [-0.1, -0.05) is 34.1 Å². The molecule has 0 amide bonds. The van der Waals surface area contributed by atoms with Gasteiger partial charge in [-0.25, -0.2) is 4.79 Å². The van der Waals surface area contributed by atoms with Crippen LogP contribution in [0.1, 0.15) is 31.1 Å². The second-order valence-electron chi connectivity index (χ2n) is 5.72. The third-order valence-electron chi connectivity index (χ3n) is 2.59. The van der Waals surface area contributed by atoms with Crippen LogP contribution in [0.2, 0.25) is 0 Å². The van der Waals surface area contributed by atoms with Gasteiger partial charge in [0.05, 0.1) is 5.56 Å². The second kappa shape index (κ2) is 6.31. The summed E-state index contributed by atoms with van der Waals surface area (Å²) in [6.07, 6.45) is 0. The molecule has 2 rings (SSSR count). The zero-order valence-electron chi connectivity index (χ0n) is 12.3. The van der Waals surface area contributed by atoms with Crippen LogP contribution < -0.4 is 5.32 Å². The van der Waals surface area contributed by atoms with E-state index in [0.29, 0.717) is 5.56 Å². The van der Waals surface area contributed by atoms with Crippen molar-refractivity contribution >= 4 is 33.3 Å². The molecular formula is C17H18BrNO2. The van der Waals surface area contributed by atoms with Gasteiger partial charge in [-0.15, -0.1) is 0 Å². The molecule has 4 heteroatoms. The van der Waals surface area contributed by atoms with E-state index >= 15 is 0 Å². The first-order chi connectivity index (χ1) is 9.83. The maximum absolute atomic E-state index is 12.1. The first-order valence-electron chi connectivity index (χ1n) is 6.69. The van der Waals surface area contributed by atoms with Crippen molar-refractivity contribution in [1.29, 1.82) is 0 Å². The first-order valence-corrected chi connectivity index (χ1v) is 7.49. The van der Waals surface area contributed by atoms with Gasteiger partial charge in [0.1, 0.15) is 5.60 Å². The van der Waals surface area contributed by atoms with Crippen molar-refractivity contribution in [3.05, 3.63) is 58.6 Å². The van der Waals surface area contributed by atoms with Crippen LogP contribution in [0.25, 0.3) is 0 Å². The molecule has 0 aliphatic carbocycles. The largest absolute Gasteiger partial charge is 0.456 e. The highest BCUT2D eigenvalue weighted by Gasteiger charge is 2.18. The van der Waals surface area contributed by atoms with Crippen LogP contribution in [-0.2, 0) is 4.74 Å². The zero-order chi connectivity index (χ0) is 15.5. The lowest BCUT2D eigenvalue weighted by atomic mass is 10.1. The predicted molar refractivity (Wildman–Crippen MR) is 89.0 cm³/mol. The fraction of sp³-hybridized carbons (Fsp3) is 0.235. The van der Waals surface area contributed by atoms with Crippen LogP contribution in [-0.4, -0.2) is 11.6 Å². The molecule has 0 radical (unpaired) electrons. The monoisotopic (exact) mass is 347 g/mol. The molecule has 2 aromatic rings. The lowest BCUT2D eigenvalue weighted by molar-refractivity contribution is 0.00695. The van der Waals surface area contributed by atoms with Crippen LogP contribution in [0.4, 0.5) is 11.4 Å². The van der Waals surface area contributed by atoms with E-state index in [1.807, 2.05) is 57.2 Å². The van der Waals surface area contributed by atoms with Crippen LogP contribution >= 0.6 is 15.9 Å². The molecule has 110 valence electrons. The summed E-state index contributed by atoms with van der Waals surface area (Å²) in [7, 11) is 0. The third kappa shape index (κ3) is 4.90. The average Bonchev–Trinajstić information content (AvgIpc) is 2.37. The molecule has 0 bridgehead atoms. The fourth-order valence-electron chi connectivity index (χ4n) is 1.80. The minimum absolute atomic E-state index is 0.333. The van der Waals surface area contributed by atoms with Crippen molar-refractivity contribution in [2.24, 2.45) is 0 Å². The number of para-hydroxylation sites is 1. The number of esters is 1. The van der Waals surface area contributed by atoms with Crippen molar-refractivity contribution in [3.63, 3.8) is 0 Å². The summed E-state index contributed by atoms with van der Waals surface area (Å²) in [6, 6.07) is 15.3. The molecular weight excluding hydrogens is 330 g/mol. The quantitative estimate of drug-likeness (QED) is 0.780. The molecule has 0 aromatic heterocycles. The van der Waals surface area contributed by atoms with E-state index in [1.165, 1.54) is 0 Å². The molecule has 0 fully saturated rings. The number of halogens is 1. The van der Waals surface area contributed by atoms with Gasteiger partial charge < -0.3 is 10.1 Å². The van der Waals surface area contributed by atoms with Crippen molar-refractivity contribution in [1.82, 2.24) is 0 Å². The Labute approximate surface area is 133 Å². The number of carbonyl (C=O) groups excluding carboxylic acids is 1. The third-order valence-corrected chi connectivity index (χ3v) is 3.05. The molecule has 0 unspecified atom stereocenters. The van der Waals surface area contributed by atoms with E-state index in [9.17, 15) is 4.79 Å². The summed E-state index contributed by atoms with van der Waals surface area (Å²) >= 11 is 3.43. The number of rotatable bonds is 3. The van der Waals surface area contributed by atoms with Crippen molar-refractivity contribution < 1.29 is 9.53 Å². The molecule has 3 nitrogen and oxygen atoms in total. The summed E-state index contributed by atoms with van der Waals surface area (Å²) in [6.45, 7) is 5.56. The lowest BCUT2D eigenvalue weighted by Gasteiger charge is -2.20. The topological polar surface area (TPSA) is 38.3 Å². The minimum Gasteiger partial charge on any atom is -0.456 e. The number of hydrogen-bond donors (Lipinski definition) is 1. The molecule has 2 aromatic carbocycles. The van der Waals surface area contributed by atoms with Gasteiger partial charge in [-0.05, 0) is 51.1 Å². The molecule has 1 N–H and O–H groups in total. The number of hydrogen-bond acceptors (Lipinski definition) is 3. The Morgan fingerprint density at radius 2 is 1.71 bits per heavy atom. The number of ether oxygens (including phenoxy) is 1. The van der Waals surface area contributed by atoms with E-state index in [1.54, 1.807) is 12.1 Å². The Hall–Kier alpha value is -1.81. The van der Waals surface area contributed by atoms with Gasteiger partial charge in [0.2, 0.25) is 0 Å².